The van der Waals surface area contributed by atoms with Crippen molar-refractivity contribution in [3.05, 3.63) is 64.3 Å². The zero-order valence-corrected chi connectivity index (χ0v) is 15.8. The maximum absolute atomic E-state index is 13.3. The average molecular weight is 397 g/mol. The number of carbonyl (C=O) groups is 2. The fourth-order valence-corrected chi connectivity index (χ4v) is 3.40. The molecule has 142 valence electrons. The van der Waals surface area contributed by atoms with Crippen molar-refractivity contribution in [1.82, 2.24) is 4.90 Å². The van der Waals surface area contributed by atoms with Gasteiger partial charge in [-0.3, -0.25) is 14.5 Å². The average Bonchev–Trinajstić information content (AvgIpc) is 2.94. The van der Waals surface area contributed by atoms with Crippen molar-refractivity contribution in [3.8, 4) is 23.8 Å². The maximum Gasteiger partial charge on any atom is 0.294 e. The van der Waals surface area contributed by atoms with Gasteiger partial charge in [0.15, 0.2) is 11.5 Å². The second-order valence-electron chi connectivity index (χ2n) is 5.80. The summed E-state index contributed by atoms with van der Waals surface area (Å²) in [5, 5.41) is -0.392. The number of thioether (sulfide) groups is 1. The molecule has 5 nitrogen and oxygen atoms in total. The zero-order chi connectivity index (χ0) is 20.1. The molecule has 0 radical (unpaired) electrons. The minimum absolute atomic E-state index is 0.0574. The van der Waals surface area contributed by atoms with Gasteiger partial charge in [0.05, 0.1) is 18.6 Å². The summed E-state index contributed by atoms with van der Waals surface area (Å²) in [7, 11) is 1.49. The van der Waals surface area contributed by atoms with Crippen LogP contribution in [0, 0.1) is 18.2 Å². The van der Waals surface area contributed by atoms with E-state index in [9.17, 15) is 14.0 Å². The van der Waals surface area contributed by atoms with Gasteiger partial charge in [-0.15, -0.1) is 6.42 Å². The largest absolute Gasteiger partial charge is 0.493 e. The topological polar surface area (TPSA) is 55.8 Å². The highest BCUT2D eigenvalue weighted by molar-refractivity contribution is 8.18. The molecule has 1 aliphatic rings. The van der Waals surface area contributed by atoms with Crippen molar-refractivity contribution in [1.29, 1.82) is 0 Å². The molecule has 2 aromatic rings. The Morgan fingerprint density at radius 2 is 2.04 bits per heavy atom. The number of halogens is 1. The highest BCUT2D eigenvalue weighted by Gasteiger charge is 2.34. The molecule has 0 aromatic heterocycles. The van der Waals surface area contributed by atoms with E-state index in [4.69, 9.17) is 15.9 Å². The van der Waals surface area contributed by atoms with Crippen LogP contribution < -0.4 is 9.47 Å². The molecule has 2 aromatic carbocycles. The predicted molar refractivity (Wildman–Crippen MR) is 105 cm³/mol. The van der Waals surface area contributed by atoms with Gasteiger partial charge in [-0.25, -0.2) is 4.39 Å². The molecule has 0 atom stereocenters. The maximum atomic E-state index is 13.3. The number of benzene rings is 2. The minimum Gasteiger partial charge on any atom is -0.493 e. The normalized spacial score (nSPS) is 15.0. The third kappa shape index (κ3) is 4.35. The number of terminal acetylenes is 1. The second kappa shape index (κ2) is 8.63. The number of rotatable bonds is 6. The predicted octanol–water partition coefficient (Wildman–Crippen LogP) is 4.08. The summed E-state index contributed by atoms with van der Waals surface area (Å²) in [5.41, 5.74) is 1.36. The third-order valence-electron chi connectivity index (χ3n) is 3.89. The van der Waals surface area contributed by atoms with Gasteiger partial charge >= 0.3 is 0 Å². The van der Waals surface area contributed by atoms with Crippen LogP contribution in [0.1, 0.15) is 11.1 Å². The summed E-state index contributed by atoms with van der Waals surface area (Å²) >= 11 is 0.839. The highest BCUT2D eigenvalue weighted by atomic mass is 32.2. The lowest BCUT2D eigenvalue weighted by atomic mass is 10.1. The summed E-state index contributed by atoms with van der Waals surface area (Å²) in [6.07, 6.45) is 6.79. The zero-order valence-electron chi connectivity index (χ0n) is 15.0. The molecule has 28 heavy (non-hydrogen) atoms. The molecule has 7 heteroatoms. The van der Waals surface area contributed by atoms with Crippen LogP contribution in [-0.2, 0) is 11.4 Å². The number of imide groups is 1. The molecule has 1 heterocycles. The number of ether oxygens (including phenoxy) is 2. The first kappa shape index (κ1) is 19.5. The van der Waals surface area contributed by atoms with E-state index in [2.05, 4.69) is 5.92 Å². The van der Waals surface area contributed by atoms with Crippen molar-refractivity contribution in [3.63, 3.8) is 0 Å². The van der Waals surface area contributed by atoms with E-state index in [0.29, 0.717) is 22.6 Å². The van der Waals surface area contributed by atoms with Crippen LogP contribution >= 0.6 is 11.8 Å². The van der Waals surface area contributed by atoms with E-state index in [0.717, 1.165) is 16.7 Å². The van der Waals surface area contributed by atoms with E-state index in [1.54, 1.807) is 36.4 Å². The number of carbonyl (C=O) groups excluding carboxylic acids is 2. The van der Waals surface area contributed by atoms with Gasteiger partial charge in [-0.2, -0.15) is 0 Å². The molecule has 3 rings (SSSR count). The Hall–Kier alpha value is -3.24. The quantitative estimate of drug-likeness (QED) is 0.543. The fraction of sp³-hybridized carbons (Fsp3) is 0.143. The molecule has 0 unspecified atom stereocenters. The van der Waals surface area contributed by atoms with Gasteiger partial charge in [0.2, 0.25) is 0 Å². The minimum atomic E-state index is -0.418. The Morgan fingerprint density at radius 1 is 1.21 bits per heavy atom. The summed E-state index contributed by atoms with van der Waals surface area (Å²) in [6, 6.07) is 11.2. The summed E-state index contributed by atoms with van der Waals surface area (Å²) < 4.78 is 24.3. The van der Waals surface area contributed by atoms with Crippen LogP contribution in [0.3, 0.4) is 0 Å². The first-order valence-corrected chi connectivity index (χ1v) is 9.07. The molecular formula is C21H16FNO4S. The van der Waals surface area contributed by atoms with Crippen LogP contribution in [0.25, 0.3) is 6.08 Å². The molecular weight excluding hydrogens is 381 g/mol. The van der Waals surface area contributed by atoms with E-state index in [1.165, 1.54) is 19.2 Å². The number of methoxy groups -OCH3 is 1. The summed E-state index contributed by atoms with van der Waals surface area (Å²) in [6.45, 7) is 0.122. The van der Waals surface area contributed by atoms with Gasteiger partial charge in [0, 0.05) is 0 Å². The first-order chi connectivity index (χ1) is 13.5. The number of hydrogen-bond acceptors (Lipinski definition) is 5. The van der Waals surface area contributed by atoms with Gasteiger partial charge in [0.25, 0.3) is 11.1 Å². The molecule has 0 bridgehead atoms. The molecule has 1 saturated heterocycles. The first-order valence-electron chi connectivity index (χ1n) is 8.26. The van der Waals surface area contributed by atoms with E-state index < -0.39 is 11.1 Å². The monoisotopic (exact) mass is 397 g/mol. The van der Waals surface area contributed by atoms with Crippen molar-refractivity contribution < 1.29 is 23.5 Å². The molecule has 0 saturated carbocycles. The third-order valence-corrected chi connectivity index (χ3v) is 4.80. The summed E-state index contributed by atoms with van der Waals surface area (Å²) in [4.78, 5) is 25.4. The Kier molecular flexibility index (Phi) is 6.02. The van der Waals surface area contributed by atoms with Crippen LogP contribution in [-0.4, -0.2) is 29.7 Å². The van der Waals surface area contributed by atoms with E-state index in [1.807, 2.05) is 0 Å². The number of hydrogen-bond donors (Lipinski definition) is 0. The SMILES string of the molecule is C#CCN1C(=O)S/C(=C/c2ccc(OCc3cccc(F)c3)c(OC)c2)C1=O. The Morgan fingerprint density at radius 3 is 2.75 bits per heavy atom. The van der Waals surface area contributed by atoms with Gasteiger partial charge in [0.1, 0.15) is 12.4 Å². The van der Waals surface area contributed by atoms with Gasteiger partial charge < -0.3 is 9.47 Å². The Bertz CT molecular complexity index is 996. The van der Waals surface area contributed by atoms with Gasteiger partial charge in [-0.05, 0) is 53.2 Å². The number of amides is 2. The van der Waals surface area contributed by atoms with Crippen LogP contribution in [0.15, 0.2) is 47.4 Å². The van der Waals surface area contributed by atoms with Crippen LogP contribution in [0.4, 0.5) is 9.18 Å². The Labute approximate surface area is 166 Å². The molecule has 1 aliphatic heterocycles. The Balaban J connectivity index is 1.77. The molecule has 1 fully saturated rings. The molecule has 0 spiro atoms. The number of nitrogens with zero attached hydrogens (tertiary/aromatic N) is 1. The fourth-order valence-electron chi connectivity index (χ4n) is 2.56. The molecule has 0 aliphatic carbocycles. The smallest absolute Gasteiger partial charge is 0.294 e. The molecule has 2 amide bonds. The van der Waals surface area contributed by atoms with E-state index >= 15 is 0 Å². The van der Waals surface area contributed by atoms with Crippen molar-refractivity contribution >= 4 is 29.0 Å². The summed E-state index contributed by atoms with van der Waals surface area (Å²) in [5.74, 6) is 2.47. The lowest BCUT2D eigenvalue weighted by Crippen LogP contribution is -2.28. The lowest BCUT2D eigenvalue weighted by molar-refractivity contribution is -0.122. The van der Waals surface area contributed by atoms with Crippen molar-refractivity contribution in [2.75, 3.05) is 13.7 Å². The van der Waals surface area contributed by atoms with Crippen molar-refractivity contribution in [2.24, 2.45) is 0 Å². The van der Waals surface area contributed by atoms with E-state index in [-0.39, 0.29) is 23.9 Å². The van der Waals surface area contributed by atoms with Crippen LogP contribution in [0.5, 0.6) is 11.5 Å². The van der Waals surface area contributed by atoms with Gasteiger partial charge in [-0.1, -0.05) is 24.1 Å². The molecule has 0 N–H and O–H groups in total. The van der Waals surface area contributed by atoms with Crippen molar-refractivity contribution in [2.45, 2.75) is 6.61 Å². The highest BCUT2D eigenvalue weighted by Crippen LogP contribution is 2.34. The standard InChI is InChI=1S/C21H16FNO4S/c1-3-9-23-20(24)19(28-21(23)25)12-14-7-8-17(18(11-14)26-2)27-13-15-5-4-6-16(22)10-15/h1,4-8,10-12H,9,13H2,2H3/b19-12+. The van der Waals surface area contributed by atoms with Crippen LogP contribution in [0.2, 0.25) is 0 Å². The second-order valence-corrected chi connectivity index (χ2v) is 6.79. The lowest BCUT2D eigenvalue weighted by Gasteiger charge is -2.11.